The van der Waals surface area contributed by atoms with Gasteiger partial charge in [-0.1, -0.05) is 12.1 Å². The van der Waals surface area contributed by atoms with Crippen LogP contribution in [0.25, 0.3) is 11.4 Å². The summed E-state index contributed by atoms with van der Waals surface area (Å²) in [6, 6.07) is 9.44. The smallest absolute Gasteiger partial charge is 0.233 e. The Kier molecular flexibility index (Phi) is 5.46. The Morgan fingerprint density at radius 2 is 1.63 bits per heavy atom. The number of nitrogens with zero attached hydrogens (tertiary/aromatic N) is 2. The number of hydrogen-bond acceptors (Lipinski definition) is 3. The van der Waals surface area contributed by atoms with Gasteiger partial charge in [-0.3, -0.25) is 0 Å². The molecular weight excluding hydrogens is 383 g/mol. The zero-order valence-electron chi connectivity index (χ0n) is 14.0. The van der Waals surface area contributed by atoms with Crippen molar-refractivity contribution in [1.82, 2.24) is 9.97 Å². The summed E-state index contributed by atoms with van der Waals surface area (Å²) in [5, 5.41) is 0.515. The minimum atomic E-state index is -4.41. The van der Waals surface area contributed by atoms with Crippen LogP contribution in [0.3, 0.4) is 0 Å². The maximum Gasteiger partial charge on any atom is 0.416 e. The van der Waals surface area contributed by atoms with Gasteiger partial charge in [-0.05, 0) is 43.3 Å². The zero-order chi connectivity index (χ0) is 19.6. The number of aromatic nitrogens is 2. The predicted octanol–water partition coefficient (Wildman–Crippen LogP) is 6.04. The Balaban J connectivity index is 1.83. The van der Waals surface area contributed by atoms with Crippen molar-refractivity contribution in [3.8, 4) is 11.4 Å². The molecule has 0 unspecified atom stereocenters. The summed E-state index contributed by atoms with van der Waals surface area (Å²) in [5.74, 6) is -0.619. The van der Waals surface area contributed by atoms with Gasteiger partial charge in [0.05, 0.1) is 5.56 Å². The van der Waals surface area contributed by atoms with E-state index in [9.17, 15) is 22.0 Å². The summed E-state index contributed by atoms with van der Waals surface area (Å²) < 4.78 is 65.0. The molecule has 0 atom stereocenters. The van der Waals surface area contributed by atoms with Crippen molar-refractivity contribution in [2.45, 2.75) is 23.9 Å². The van der Waals surface area contributed by atoms with Crippen LogP contribution in [0.15, 0.2) is 53.6 Å². The van der Waals surface area contributed by atoms with Gasteiger partial charge in [-0.25, -0.2) is 18.7 Å². The Bertz CT molecular complexity index is 955. The van der Waals surface area contributed by atoms with Crippen LogP contribution >= 0.6 is 11.8 Å². The lowest BCUT2D eigenvalue weighted by atomic mass is 10.1. The lowest BCUT2D eigenvalue weighted by Crippen LogP contribution is -2.04. The second-order valence-corrected chi connectivity index (χ2v) is 6.77. The standard InChI is InChI=1S/C19H13F5N2S/c1-11-8-17(27-10-13-9-15(20)6-7-16(13)21)26-18(25-11)12-2-4-14(5-3-12)19(22,23)24/h2-9H,10H2,1H3. The molecule has 0 bridgehead atoms. The summed E-state index contributed by atoms with van der Waals surface area (Å²) in [5.41, 5.74) is 0.495. The SMILES string of the molecule is Cc1cc(SCc2cc(F)ccc2F)nc(-c2ccc(C(F)(F)F)cc2)n1. The van der Waals surface area contributed by atoms with Crippen molar-refractivity contribution in [3.63, 3.8) is 0 Å². The molecule has 0 aliphatic heterocycles. The lowest BCUT2D eigenvalue weighted by molar-refractivity contribution is -0.137. The average molecular weight is 396 g/mol. The van der Waals surface area contributed by atoms with Gasteiger partial charge in [-0.2, -0.15) is 13.2 Å². The van der Waals surface area contributed by atoms with Gasteiger partial charge < -0.3 is 0 Å². The fourth-order valence-corrected chi connectivity index (χ4v) is 3.29. The summed E-state index contributed by atoms with van der Waals surface area (Å²) in [7, 11) is 0. The summed E-state index contributed by atoms with van der Waals surface area (Å²) >= 11 is 1.19. The molecular formula is C19H13F5N2S. The molecule has 8 heteroatoms. The van der Waals surface area contributed by atoms with Crippen molar-refractivity contribution < 1.29 is 22.0 Å². The first-order valence-electron chi connectivity index (χ1n) is 7.82. The topological polar surface area (TPSA) is 25.8 Å². The maximum atomic E-state index is 13.7. The third-order valence-corrected chi connectivity index (χ3v) is 4.64. The average Bonchev–Trinajstić information content (AvgIpc) is 2.61. The molecule has 1 aromatic heterocycles. The first kappa shape index (κ1) is 19.3. The highest BCUT2D eigenvalue weighted by atomic mass is 32.2. The monoisotopic (exact) mass is 396 g/mol. The minimum Gasteiger partial charge on any atom is -0.233 e. The molecule has 140 valence electrons. The molecule has 0 aliphatic carbocycles. The summed E-state index contributed by atoms with van der Waals surface area (Å²) in [6.45, 7) is 1.72. The van der Waals surface area contributed by atoms with E-state index < -0.39 is 23.4 Å². The Morgan fingerprint density at radius 1 is 0.926 bits per heavy atom. The summed E-state index contributed by atoms with van der Waals surface area (Å²) in [6.07, 6.45) is -4.41. The molecule has 0 amide bonds. The van der Waals surface area contributed by atoms with E-state index in [4.69, 9.17) is 0 Å². The molecule has 1 heterocycles. The molecule has 0 saturated carbocycles. The van der Waals surface area contributed by atoms with Crippen LogP contribution < -0.4 is 0 Å². The second kappa shape index (κ2) is 7.64. The quantitative estimate of drug-likeness (QED) is 0.305. The number of halogens is 5. The molecule has 3 aromatic rings. The van der Waals surface area contributed by atoms with Crippen molar-refractivity contribution in [2.75, 3.05) is 0 Å². The van der Waals surface area contributed by atoms with E-state index in [1.807, 2.05) is 0 Å². The normalized spacial score (nSPS) is 11.6. The van der Waals surface area contributed by atoms with Gasteiger partial charge in [0.15, 0.2) is 5.82 Å². The number of rotatable bonds is 4. The minimum absolute atomic E-state index is 0.159. The number of thioether (sulfide) groups is 1. The largest absolute Gasteiger partial charge is 0.416 e. The van der Waals surface area contributed by atoms with Gasteiger partial charge >= 0.3 is 6.18 Å². The molecule has 0 spiro atoms. The van der Waals surface area contributed by atoms with Crippen LogP contribution in [0.5, 0.6) is 0 Å². The number of benzene rings is 2. The van der Waals surface area contributed by atoms with Crippen LogP contribution in [-0.2, 0) is 11.9 Å². The fraction of sp³-hybridized carbons (Fsp3) is 0.158. The van der Waals surface area contributed by atoms with Crippen molar-refractivity contribution in [2.24, 2.45) is 0 Å². The van der Waals surface area contributed by atoms with E-state index in [0.29, 0.717) is 16.3 Å². The second-order valence-electron chi connectivity index (χ2n) is 5.77. The highest BCUT2D eigenvalue weighted by Crippen LogP contribution is 2.31. The number of alkyl halides is 3. The van der Waals surface area contributed by atoms with Gasteiger partial charge in [0.25, 0.3) is 0 Å². The molecule has 0 N–H and O–H groups in total. The highest BCUT2D eigenvalue weighted by molar-refractivity contribution is 7.98. The number of aryl methyl sites for hydroxylation is 1. The van der Waals surface area contributed by atoms with E-state index in [2.05, 4.69) is 9.97 Å². The van der Waals surface area contributed by atoms with E-state index in [1.54, 1.807) is 13.0 Å². The Morgan fingerprint density at radius 3 is 2.30 bits per heavy atom. The molecule has 27 heavy (non-hydrogen) atoms. The van der Waals surface area contributed by atoms with Crippen LogP contribution in [0, 0.1) is 18.6 Å². The Hall–Kier alpha value is -2.48. The van der Waals surface area contributed by atoms with Crippen LogP contribution in [0.1, 0.15) is 16.8 Å². The fourth-order valence-electron chi connectivity index (χ4n) is 2.36. The highest BCUT2D eigenvalue weighted by Gasteiger charge is 2.30. The third kappa shape index (κ3) is 4.82. The molecule has 0 fully saturated rings. The van der Waals surface area contributed by atoms with Crippen LogP contribution in [-0.4, -0.2) is 9.97 Å². The number of hydrogen-bond donors (Lipinski definition) is 0. The van der Waals surface area contributed by atoms with Crippen LogP contribution in [0.4, 0.5) is 22.0 Å². The van der Waals surface area contributed by atoms with Crippen molar-refractivity contribution in [3.05, 3.63) is 77.0 Å². The van der Waals surface area contributed by atoms with Gasteiger partial charge in [0.2, 0.25) is 0 Å². The molecule has 0 aliphatic rings. The summed E-state index contributed by atoms with van der Waals surface area (Å²) in [4.78, 5) is 8.56. The predicted molar refractivity (Wildman–Crippen MR) is 93.1 cm³/mol. The zero-order valence-corrected chi connectivity index (χ0v) is 14.8. The Labute approximate surface area is 156 Å². The van der Waals surface area contributed by atoms with Gasteiger partial charge in [-0.15, -0.1) is 11.8 Å². The van der Waals surface area contributed by atoms with Crippen molar-refractivity contribution in [1.29, 1.82) is 0 Å². The molecule has 0 saturated heterocycles. The van der Waals surface area contributed by atoms with Gasteiger partial charge in [0, 0.05) is 22.6 Å². The van der Waals surface area contributed by atoms with Crippen molar-refractivity contribution >= 4 is 11.8 Å². The maximum absolute atomic E-state index is 13.7. The van der Waals surface area contributed by atoms with E-state index >= 15 is 0 Å². The first-order valence-corrected chi connectivity index (χ1v) is 8.81. The van der Waals surface area contributed by atoms with E-state index in [-0.39, 0.29) is 17.1 Å². The van der Waals surface area contributed by atoms with Gasteiger partial charge in [0.1, 0.15) is 16.7 Å². The first-order chi connectivity index (χ1) is 12.7. The van der Waals surface area contributed by atoms with E-state index in [1.165, 1.54) is 23.9 Å². The third-order valence-electron chi connectivity index (χ3n) is 3.68. The molecule has 2 aromatic carbocycles. The molecule has 2 nitrogen and oxygen atoms in total. The molecule has 0 radical (unpaired) electrons. The lowest BCUT2D eigenvalue weighted by Gasteiger charge is -2.09. The molecule has 3 rings (SSSR count). The van der Waals surface area contributed by atoms with E-state index in [0.717, 1.165) is 30.3 Å². The van der Waals surface area contributed by atoms with Crippen LogP contribution in [0.2, 0.25) is 0 Å².